The van der Waals surface area contributed by atoms with Gasteiger partial charge in [0.2, 0.25) is 11.7 Å². The number of likely N-dealkylation sites (tertiary alicyclic amines) is 1. The van der Waals surface area contributed by atoms with Gasteiger partial charge in [0.05, 0.1) is 17.4 Å². The van der Waals surface area contributed by atoms with E-state index in [2.05, 4.69) is 20.1 Å². The molecule has 1 fully saturated rings. The largest absolute Gasteiger partial charge is 0.351 e. The van der Waals surface area contributed by atoms with Gasteiger partial charge in [-0.2, -0.15) is 4.98 Å². The Morgan fingerprint density at radius 3 is 2.88 bits per heavy atom. The second kappa shape index (κ2) is 8.04. The van der Waals surface area contributed by atoms with E-state index in [0.29, 0.717) is 29.7 Å². The summed E-state index contributed by atoms with van der Waals surface area (Å²) in [6, 6.07) is 13.4. The molecule has 2 aromatic carbocycles. The van der Waals surface area contributed by atoms with Gasteiger partial charge in [-0.3, -0.25) is 4.79 Å². The molecular formula is C24H21ClN6O2. The van der Waals surface area contributed by atoms with Gasteiger partial charge in [0.25, 0.3) is 5.89 Å². The summed E-state index contributed by atoms with van der Waals surface area (Å²) in [7, 11) is 0. The number of aromatic amines is 1. The number of nitrogens with zero attached hydrogens (tertiary/aromatic N) is 5. The number of amides is 1. The van der Waals surface area contributed by atoms with Gasteiger partial charge in [-0.05, 0) is 55.3 Å². The van der Waals surface area contributed by atoms with Crippen molar-refractivity contribution in [1.82, 2.24) is 29.6 Å². The lowest BCUT2D eigenvalue weighted by atomic mass is 10.2. The second-order valence-corrected chi connectivity index (χ2v) is 8.75. The first-order chi connectivity index (χ1) is 16.1. The molecule has 0 spiro atoms. The van der Waals surface area contributed by atoms with Crippen LogP contribution in [0.4, 0.5) is 0 Å². The van der Waals surface area contributed by atoms with Crippen LogP contribution in [0.5, 0.6) is 0 Å². The average molecular weight is 461 g/mol. The summed E-state index contributed by atoms with van der Waals surface area (Å²) in [5, 5.41) is 5.80. The molecule has 9 heteroatoms. The van der Waals surface area contributed by atoms with Gasteiger partial charge in [-0.15, -0.1) is 0 Å². The highest BCUT2D eigenvalue weighted by molar-refractivity contribution is 6.31. The van der Waals surface area contributed by atoms with Crippen LogP contribution >= 0.6 is 11.6 Å². The molecule has 1 saturated heterocycles. The van der Waals surface area contributed by atoms with E-state index in [0.717, 1.165) is 59.1 Å². The highest BCUT2D eigenvalue weighted by Crippen LogP contribution is 2.28. The molecule has 0 saturated carbocycles. The van der Waals surface area contributed by atoms with Crippen LogP contribution in [0.1, 0.15) is 19.3 Å². The van der Waals surface area contributed by atoms with Crippen LogP contribution in [0, 0.1) is 0 Å². The van der Waals surface area contributed by atoms with Crippen molar-refractivity contribution < 1.29 is 9.32 Å². The molecule has 5 aromatic rings. The third-order valence-electron chi connectivity index (χ3n) is 6.14. The number of rotatable bonds is 5. The summed E-state index contributed by atoms with van der Waals surface area (Å²) in [4.78, 5) is 26.7. The van der Waals surface area contributed by atoms with Crippen molar-refractivity contribution in [3.05, 3.63) is 53.8 Å². The third-order valence-corrected chi connectivity index (χ3v) is 6.38. The lowest BCUT2D eigenvalue weighted by Crippen LogP contribution is -2.28. The van der Waals surface area contributed by atoms with E-state index in [9.17, 15) is 4.79 Å². The Labute approximate surface area is 194 Å². The molecule has 0 atom stereocenters. The third kappa shape index (κ3) is 3.76. The average Bonchev–Trinajstić information content (AvgIpc) is 3.62. The van der Waals surface area contributed by atoms with Crippen molar-refractivity contribution in [2.75, 3.05) is 13.1 Å². The first kappa shape index (κ1) is 20.0. The van der Waals surface area contributed by atoms with Crippen molar-refractivity contribution in [2.24, 2.45) is 0 Å². The number of halogens is 1. The molecule has 1 N–H and O–H groups in total. The van der Waals surface area contributed by atoms with Crippen LogP contribution in [-0.4, -0.2) is 48.6 Å². The Balaban J connectivity index is 1.22. The predicted molar refractivity (Wildman–Crippen MR) is 126 cm³/mol. The van der Waals surface area contributed by atoms with Crippen molar-refractivity contribution in [1.29, 1.82) is 0 Å². The number of hydrogen-bond acceptors (Lipinski definition) is 5. The van der Waals surface area contributed by atoms with Crippen LogP contribution in [0.15, 0.2) is 53.3 Å². The summed E-state index contributed by atoms with van der Waals surface area (Å²) in [5.41, 5.74) is 4.30. The number of nitrogens with one attached hydrogen (secondary N) is 1. The fourth-order valence-electron chi connectivity index (χ4n) is 4.39. The van der Waals surface area contributed by atoms with Crippen LogP contribution in [-0.2, 0) is 11.3 Å². The smallest absolute Gasteiger partial charge is 0.274 e. The van der Waals surface area contributed by atoms with Crippen molar-refractivity contribution >= 4 is 39.4 Å². The zero-order valence-corrected chi connectivity index (χ0v) is 18.5. The Bertz CT molecular complexity index is 1480. The summed E-state index contributed by atoms with van der Waals surface area (Å²) in [6.45, 7) is 2.37. The normalized spacial score (nSPS) is 14.0. The van der Waals surface area contributed by atoms with Crippen LogP contribution < -0.4 is 0 Å². The first-order valence-corrected chi connectivity index (χ1v) is 11.4. The Morgan fingerprint density at radius 2 is 2.00 bits per heavy atom. The van der Waals surface area contributed by atoms with E-state index in [1.807, 2.05) is 51.9 Å². The number of aromatic nitrogens is 5. The number of carbonyl (C=O) groups excluding carboxylic acids is 1. The Morgan fingerprint density at radius 1 is 1.12 bits per heavy atom. The van der Waals surface area contributed by atoms with Gasteiger partial charge in [0.1, 0.15) is 5.69 Å². The molecule has 1 aliphatic heterocycles. The number of fused-ring (bicyclic) bond motifs is 2. The monoisotopic (exact) mass is 460 g/mol. The molecule has 0 bridgehead atoms. The van der Waals surface area contributed by atoms with E-state index < -0.39 is 0 Å². The SMILES string of the molecule is O=C(CCn1cnc2cc(-c3noc(-c4cc5cc(Cl)ccc5[nH]4)n3)ccc21)N1CCCC1. The lowest BCUT2D eigenvalue weighted by Gasteiger charge is -2.15. The summed E-state index contributed by atoms with van der Waals surface area (Å²) >= 11 is 6.08. The topological polar surface area (TPSA) is 92.8 Å². The van der Waals surface area contributed by atoms with Crippen LogP contribution in [0.2, 0.25) is 5.02 Å². The number of carbonyl (C=O) groups is 1. The Kier molecular flexibility index (Phi) is 4.87. The lowest BCUT2D eigenvalue weighted by molar-refractivity contribution is -0.130. The predicted octanol–water partition coefficient (Wildman–Crippen LogP) is 4.90. The molecule has 4 heterocycles. The van der Waals surface area contributed by atoms with E-state index >= 15 is 0 Å². The maximum absolute atomic E-state index is 12.4. The molecule has 3 aromatic heterocycles. The van der Waals surface area contributed by atoms with Gasteiger partial charge in [0.15, 0.2) is 0 Å². The van der Waals surface area contributed by atoms with Crippen molar-refractivity contribution in [3.63, 3.8) is 0 Å². The molecule has 33 heavy (non-hydrogen) atoms. The standard InChI is InChI=1S/C24H21ClN6O2/c25-17-4-5-18-16(11-17)13-20(27-18)24-28-23(29-33-24)15-3-6-21-19(12-15)26-14-31(21)10-7-22(32)30-8-1-2-9-30/h3-6,11-14,27H,1-2,7-10H2. The van der Waals surface area contributed by atoms with Gasteiger partial charge < -0.3 is 19.0 Å². The maximum atomic E-state index is 12.4. The summed E-state index contributed by atoms with van der Waals surface area (Å²) in [6.07, 6.45) is 4.48. The molecule has 0 unspecified atom stereocenters. The van der Waals surface area contributed by atoms with E-state index in [4.69, 9.17) is 16.1 Å². The minimum absolute atomic E-state index is 0.213. The highest BCUT2D eigenvalue weighted by atomic mass is 35.5. The van der Waals surface area contributed by atoms with E-state index in [1.165, 1.54) is 0 Å². The molecular weight excluding hydrogens is 440 g/mol. The molecule has 6 rings (SSSR count). The molecule has 0 radical (unpaired) electrons. The van der Waals surface area contributed by atoms with Gasteiger partial charge in [-0.25, -0.2) is 4.98 Å². The van der Waals surface area contributed by atoms with Gasteiger partial charge in [0, 0.05) is 47.5 Å². The fourth-order valence-corrected chi connectivity index (χ4v) is 4.57. The van der Waals surface area contributed by atoms with Crippen LogP contribution in [0.3, 0.4) is 0 Å². The van der Waals surface area contributed by atoms with Gasteiger partial charge in [-0.1, -0.05) is 16.8 Å². The molecule has 0 aliphatic carbocycles. The van der Waals surface area contributed by atoms with Crippen molar-refractivity contribution in [3.8, 4) is 23.0 Å². The number of aryl methyl sites for hydroxylation is 1. The van der Waals surface area contributed by atoms with E-state index in [1.54, 1.807) is 6.33 Å². The minimum Gasteiger partial charge on any atom is -0.351 e. The van der Waals surface area contributed by atoms with Crippen LogP contribution in [0.25, 0.3) is 44.9 Å². The number of benzene rings is 2. The minimum atomic E-state index is 0.213. The quantitative estimate of drug-likeness (QED) is 0.402. The fraction of sp³-hybridized carbons (Fsp3) is 0.250. The molecule has 1 aliphatic rings. The van der Waals surface area contributed by atoms with E-state index in [-0.39, 0.29) is 5.91 Å². The number of hydrogen-bond donors (Lipinski definition) is 1. The van der Waals surface area contributed by atoms with Crippen molar-refractivity contribution in [2.45, 2.75) is 25.8 Å². The molecule has 8 nitrogen and oxygen atoms in total. The zero-order chi connectivity index (χ0) is 22.4. The summed E-state index contributed by atoms with van der Waals surface area (Å²) < 4.78 is 7.52. The second-order valence-electron chi connectivity index (χ2n) is 8.32. The Hall–Kier alpha value is -3.65. The number of H-pyrrole nitrogens is 1. The molecule has 1 amide bonds. The summed E-state index contributed by atoms with van der Waals surface area (Å²) in [5.74, 6) is 1.11. The number of imidazole rings is 1. The maximum Gasteiger partial charge on any atom is 0.274 e. The van der Waals surface area contributed by atoms with Gasteiger partial charge >= 0.3 is 0 Å². The highest BCUT2D eigenvalue weighted by Gasteiger charge is 2.18. The first-order valence-electron chi connectivity index (χ1n) is 11.0. The molecule has 166 valence electrons. The zero-order valence-electron chi connectivity index (χ0n) is 17.8.